The largest absolute Gasteiger partial charge is 0.486 e. The van der Waals surface area contributed by atoms with Crippen molar-refractivity contribution in [3.8, 4) is 11.5 Å². The van der Waals surface area contributed by atoms with Crippen molar-refractivity contribution >= 4 is 23.2 Å². The number of carbonyl (C=O) groups excluding carboxylic acids is 2. The maximum Gasteiger partial charge on any atom is 0.316 e. The summed E-state index contributed by atoms with van der Waals surface area (Å²) in [6.45, 7) is 1.23. The van der Waals surface area contributed by atoms with E-state index in [0.717, 1.165) is 5.56 Å². The number of amides is 2. The first-order valence-corrected chi connectivity index (χ1v) is 9.32. The monoisotopic (exact) mass is 388 g/mol. The Morgan fingerprint density at radius 1 is 0.828 bits per heavy atom. The van der Waals surface area contributed by atoms with Gasteiger partial charge in [0.15, 0.2) is 11.5 Å². The van der Waals surface area contributed by atoms with Crippen LogP contribution in [0.1, 0.15) is 5.56 Å². The molecule has 1 aliphatic rings. The molecule has 0 unspecified atom stereocenters. The molecule has 0 aromatic heterocycles. The lowest BCUT2D eigenvalue weighted by molar-refractivity contribution is -0.134. The maximum absolute atomic E-state index is 13.0. The number of nitrogens with zero attached hydrogens (tertiary/aromatic N) is 1. The van der Waals surface area contributed by atoms with Crippen molar-refractivity contribution in [2.45, 2.75) is 6.54 Å². The Kier molecular flexibility index (Phi) is 5.42. The smallest absolute Gasteiger partial charge is 0.316 e. The van der Waals surface area contributed by atoms with Gasteiger partial charge in [-0.25, -0.2) is 0 Å². The van der Waals surface area contributed by atoms with E-state index in [1.807, 2.05) is 48.5 Å². The number of benzene rings is 3. The Hall–Kier alpha value is -3.80. The summed E-state index contributed by atoms with van der Waals surface area (Å²) in [6, 6.07) is 23.7. The van der Waals surface area contributed by atoms with Gasteiger partial charge in [-0.1, -0.05) is 48.5 Å². The van der Waals surface area contributed by atoms with E-state index in [1.54, 1.807) is 30.3 Å². The zero-order chi connectivity index (χ0) is 20.1. The summed E-state index contributed by atoms with van der Waals surface area (Å²) in [5.74, 6) is -0.197. The summed E-state index contributed by atoms with van der Waals surface area (Å²) in [4.78, 5) is 27.2. The molecule has 0 saturated heterocycles. The van der Waals surface area contributed by atoms with Crippen LogP contribution in [0, 0.1) is 0 Å². The number of fused-ring (bicyclic) bond motifs is 1. The van der Waals surface area contributed by atoms with Crippen molar-refractivity contribution in [2.24, 2.45) is 0 Å². The third kappa shape index (κ3) is 4.38. The van der Waals surface area contributed by atoms with Crippen molar-refractivity contribution in [2.75, 3.05) is 23.4 Å². The molecule has 0 bridgehead atoms. The second-order valence-electron chi connectivity index (χ2n) is 6.53. The van der Waals surface area contributed by atoms with Crippen LogP contribution in [0.5, 0.6) is 11.5 Å². The molecule has 0 saturated carbocycles. The van der Waals surface area contributed by atoms with Crippen molar-refractivity contribution in [1.82, 2.24) is 0 Å². The van der Waals surface area contributed by atoms with Crippen LogP contribution in [0.15, 0.2) is 78.9 Å². The summed E-state index contributed by atoms with van der Waals surface area (Å²) in [5.41, 5.74) is 2.05. The number of para-hydroxylation sites is 1. The molecular weight excluding hydrogens is 368 g/mol. The van der Waals surface area contributed by atoms with Crippen LogP contribution in [0.4, 0.5) is 11.4 Å². The molecule has 0 atom stereocenters. The van der Waals surface area contributed by atoms with E-state index in [4.69, 9.17) is 9.47 Å². The van der Waals surface area contributed by atoms with Gasteiger partial charge in [0.05, 0.1) is 6.54 Å². The van der Waals surface area contributed by atoms with E-state index < -0.39 is 11.8 Å². The van der Waals surface area contributed by atoms with Gasteiger partial charge in [-0.3, -0.25) is 14.5 Å². The van der Waals surface area contributed by atoms with Crippen molar-refractivity contribution in [3.05, 3.63) is 84.4 Å². The highest BCUT2D eigenvalue weighted by Gasteiger charge is 2.24. The molecule has 146 valence electrons. The minimum atomic E-state index is -0.721. The van der Waals surface area contributed by atoms with Gasteiger partial charge in [-0.15, -0.1) is 0 Å². The molecule has 3 aromatic carbocycles. The number of hydrogen-bond donors (Lipinski definition) is 1. The van der Waals surface area contributed by atoms with E-state index in [0.29, 0.717) is 36.1 Å². The standard InChI is InChI=1S/C23H20N2O4/c26-22(24-18-11-12-20-21(15-18)29-14-13-28-20)23(27)25(19-9-5-2-6-10-19)16-17-7-3-1-4-8-17/h1-12,15H,13-14,16H2,(H,24,26). The minimum absolute atomic E-state index is 0.290. The predicted octanol–water partition coefficient (Wildman–Crippen LogP) is 3.63. The lowest BCUT2D eigenvalue weighted by Crippen LogP contribution is -2.39. The normalized spacial score (nSPS) is 12.1. The first kappa shape index (κ1) is 18.6. The number of hydrogen-bond acceptors (Lipinski definition) is 4. The van der Waals surface area contributed by atoms with E-state index in [-0.39, 0.29) is 6.54 Å². The van der Waals surface area contributed by atoms with E-state index in [9.17, 15) is 9.59 Å². The van der Waals surface area contributed by atoms with Crippen LogP contribution < -0.4 is 19.7 Å². The fraction of sp³-hybridized carbons (Fsp3) is 0.130. The summed E-state index contributed by atoms with van der Waals surface area (Å²) in [5, 5.41) is 2.66. The van der Waals surface area contributed by atoms with Gasteiger partial charge in [0.1, 0.15) is 13.2 Å². The molecule has 4 rings (SSSR count). The number of nitrogens with one attached hydrogen (secondary N) is 1. The van der Waals surface area contributed by atoms with Crippen LogP contribution in [-0.4, -0.2) is 25.0 Å². The van der Waals surface area contributed by atoms with Crippen molar-refractivity contribution in [1.29, 1.82) is 0 Å². The van der Waals surface area contributed by atoms with Crippen LogP contribution in [-0.2, 0) is 16.1 Å². The summed E-state index contributed by atoms with van der Waals surface area (Å²) >= 11 is 0. The molecule has 1 aliphatic heterocycles. The summed E-state index contributed by atoms with van der Waals surface area (Å²) in [6.07, 6.45) is 0. The Morgan fingerprint density at radius 2 is 1.48 bits per heavy atom. The van der Waals surface area contributed by atoms with Crippen LogP contribution in [0.3, 0.4) is 0 Å². The van der Waals surface area contributed by atoms with Crippen LogP contribution in [0.2, 0.25) is 0 Å². The molecule has 1 N–H and O–H groups in total. The predicted molar refractivity (Wildman–Crippen MR) is 110 cm³/mol. The Labute approximate surface area is 168 Å². The second-order valence-corrected chi connectivity index (χ2v) is 6.53. The quantitative estimate of drug-likeness (QED) is 0.693. The molecule has 0 aliphatic carbocycles. The lowest BCUT2D eigenvalue weighted by Gasteiger charge is -2.23. The first-order valence-electron chi connectivity index (χ1n) is 9.32. The fourth-order valence-electron chi connectivity index (χ4n) is 3.08. The van der Waals surface area contributed by atoms with Gasteiger partial charge in [0.25, 0.3) is 0 Å². The maximum atomic E-state index is 13.0. The highest BCUT2D eigenvalue weighted by Crippen LogP contribution is 2.32. The highest BCUT2D eigenvalue weighted by atomic mass is 16.6. The summed E-state index contributed by atoms with van der Waals surface area (Å²) < 4.78 is 11.0. The van der Waals surface area contributed by atoms with Gasteiger partial charge >= 0.3 is 11.8 Å². The third-order valence-corrected chi connectivity index (χ3v) is 4.49. The third-order valence-electron chi connectivity index (χ3n) is 4.49. The van der Waals surface area contributed by atoms with Crippen molar-refractivity contribution < 1.29 is 19.1 Å². The summed E-state index contributed by atoms with van der Waals surface area (Å²) in [7, 11) is 0. The minimum Gasteiger partial charge on any atom is -0.486 e. The molecule has 0 spiro atoms. The molecule has 29 heavy (non-hydrogen) atoms. The first-order chi connectivity index (χ1) is 14.2. The number of ether oxygens (including phenoxy) is 2. The average Bonchev–Trinajstić information content (AvgIpc) is 2.78. The zero-order valence-corrected chi connectivity index (χ0v) is 15.7. The average molecular weight is 388 g/mol. The molecular formula is C23H20N2O4. The van der Waals surface area contributed by atoms with Gasteiger partial charge in [0, 0.05) is 17.4 Å². The molecule has 1 heterocycles. The van der Waals surface area contributed by atoms with Gasteiger partial charge in [0.2, 0.25) is 0 Å². The Morgan fingerprint density at radius 3 is 2.21 bits per heavy atom. The van der Waals surface area contributed by atoms with E-state index in [2.05, 4.69) is 5.32 Å². The fourth-order valence-corrected chi connectivity index (χ4v) is 3.08. The molecule has 0 radical (unpaired) electrons. The molecule has 6 nitrogen and oxygen atoms in total. The Balaban J connectivity index is 1.54. The topological polar surface area (TPSA) is 67.9 Å². The van der Waals surface area contributed by atoms with Crippen molar-refractivity contribution in [3.63, 3.8) is 0 Å². The van der Waals surface area contributed by atoms with Crippen LogP contribution >= 0.6 is 0 Å². The van der Waals surface area contributed by atoms with E-state index >= 15 is 0 Å². The van der Waals surface area contributed by atoms with Gasteiger partial charge in [-0.2, -0.15) is 0 Å². The van der Waals surface area contributed by atoms with Crippen LogP contribution in [0.25, 0.3) is 0 Å². The number of carbonyl (C=O) groups is 2. The zero-order valence-electron chi connectivity index (χ0n) is 15.7. The lowest BCUT2D eigenvalue weighted by atomic mass is 10.2. The molecule has 3 aromatic rings. The highest BCUT2D eigenvalue weighted by molar-refractivity contribution is 6.44. The Bertz CT molecular complexity index is 1010. The SMILES string of the molecule is O=C(Nc1ccc2c(c1)OCCO2)C(=O)N(Cc1ccccc1)c1ccccc1. The number of rotatable bonds is 4. The van der Waals surface area contributed by atoms with Gasteiger partial charge in [-0.05, 0) is 29.8 Å². The molecule has 6 heteroatoms. The number of anilines is 2. The molecule has 2 amide bonds. The molecule has 0 fully saturated rings. The van der Waals surface area contributed by atoms with Gasteiger partial charge < -0.3 is 14.8 Å². The van der Waals surface area contributed by atoms with E-state index in [1.165, 1.54) is 4.90 Å². The second kappa shape index (κ2) is 8.48.